The Morgan fingerprint density at radius 2 is 1.81 bits per heavy atom. The van der Waals surface area contributed by atoms with Crippen LogP contribution in [0.25, 0.3) is 11.1 Å². The third-order valence-electron chi connectivity index (χ3n) is 6.35. The van der Waals surface area contributed by atoms with Crippen molar-refractivity contribution in [3.05, 3.63) is 72.6 Å². The predicted molar refractivity (Wildman–Crippen MR) is 127 cm³/mol. The van der Waals surface area contributed by atoms with Crippen molar-refractivity contribution in [2.75, 3.05) is 13.1 Å². The van der Waals surface area contributed by atoms with E-state index in [1.165, 1.54) is 5.56 Å². The Morgan fingerprint density at radius 3 is 2.50 bits per heavy atom. The molecular weight excluding hydrogens is 398 g/mol. The Labute approximate surface area is 190 Å². The van der Waals surface area contributed by atoms with Crippen LogP contribution in [0.4, 0.5) is 0 Å². The number of aryl methyl sites for hydroxylation is 1. The van der Waals surface area contributed by atoms with Crippen LogP contribution >= 0.6 is 0 Å². The number of carbonyl (C=O) groups excluding carboxylic acids is 1. The minimum Gasteiger partial charge on any atom is -0.353 e. The molecule has 1 amide bonds. The third kappa shape index (κ3) is 4.91. The van der Waals surface area contributed by atoms with Gasteiger partial charge >= 0.3 is 0 Å². The number of rotatable bonds is 8. The number of hydrogen-bond acceptors (Lipinski definition) is 4. The lowest BCUT2D eigenvalue weighted by atomic mass is 9.79. The molecule has 1 N–H and O–H groups in total. The number of benzene rings is 1. The van der Waals surface area contributed by atoms with Crippen molar-refractivity contribution in [1.29, 1.82) is 0 Å². The molecule has 1 atom stereocenters. The number of nitrogens with zero attached hydrogens (tertiary/aromatic N) is 4. The normalized spacial score (nSPS) is 18.9. The molecule has 4 rings (SSSR count). The number of carbonyl (C=O) groups is 1. The van der Waals surface area contributed by atoms with Gasteiger partial charge in [-0.05, 0) is 69.0 Å². The summed E-state index contributed by atoms with van der Waals surface area (Å²) in [5, 5.41) is 3.19. The standard InChI is InChI=1S/C26H33N5O/c1-4-31-16-14-28-24(31)18-30-15-11-26(19-30,25(32)29-20(2)3)17-21-5-7-22(8-6-21)23-9-12-27-13-10-23/h5-10,12-14,16,20H,4,11,15,17-19H2,1-3H3,(H,29,32). The van der Waals surface area contributed by atoms with Crippen molar-refractivity contribution in [3.63, 3.8) is 0 Å². The summed E-state index contributed by atoms with van der Waals surface area (Å²) < 4.78 is 2.17. The van der Waals surface area contributed by atoms with Gasteiger partial charge in [-0.1, -0.05) is 24.3 Å². The second kappa shape index (κ2) is 9.65. The molecule has 0 spiro atoms. The molecule has 1 fully saturated rings. The molecule has 168 valence electrons. The molecule has 1 saturated heterocycles. The number of aromatic nitrogens is 3. The van der Waals surface area contributed by atoms with E-state index in [0.717, 1.165) is 56.0 Å². The van der Waals surface area contributed by atoms with Crippen LogP contribution in [-0.4, -0.2) is 44.5 Å². The number of nitrogens with one attached hydrogen (secondary N) is 1. The van der Waals surface area contributed by atoms with Gasteiger partial charge < -0.3 is 9.88 Å². The third-order valence-corrected chi connectivity index (χ3v) is 6.35. The van der Waals surface area contributed by atoms with E-state index in [1.54, 1.807) is 0 Å². The predicted octanol–water partition coefficient (Wildman–Crippen LogP) is 3.92. The first-order valence-corrected chi connectivity index (χ1v) is 11.5. The van der Waals surface area contributed by atoms with Crippen LogP contribution in [0.3, 0.4) is 0 Å². The van der Waals surface area contributed by atoms with Gasteiger partial charge in [0.05, 0.1) is 12.0 Å². The van der Waals surface area contributed by atoms with E-state index in [-0.39, 0.29) is 11.9 Å². The number of amides is 1. The Bertz CT molecular complexity index is 1030. The largest absolute Gasteiger partial charge is 0.353 e. The number of hydrogen-bond donors (Lipinski definition) is 1. The zero-order chi connectivity index (χ0) is 22.6. The second-order valence-electron chi connectivity index (χ2n) is 9.11. The van der Waals surface area contributed by atoms with Crippen LogP contribution in [0.15, 0.2) is 61.2 Å². The molecule has 1 unspecified atom stereocenters. The molecule has 32 heavy (non-hydrogen) atoms. The van der Waals surface area contributed by atoms with Gasteiger partial charge in [-0.25, -0.2) is 4.98 Å². The maximum absolute atomic E-state index is 13.4. The number of imidazole rings is 1. The van der Waals surface area contributed by atoms with Crippen LogP contribution in [0, 0.1) is 5.41 Å². The Morgan fingerprint density at radius 1 is 1.09 bits per heavy atom. The van der Waals surface area contributed by atoms with Gasteiger partial charge in [-0.3, -0.25) is 14.7 Å². The van der Waals surface area contributed by atoms with Gasteiger partial charge in [-0.2, -0.15) is 0 Å². The summed E-state index contributed by atoms with van der Waals surface area (Å²) in [6.07, 6.45) is 9.09. The lowest BCUT2D eigenvalue weighted by Crippen LogP contribution is -2.46. The van der Waals surface area contributed by atoms with Crippen LogP contribution in [0.1, 0.15) is 38.6 Å². The van der Waals surface area contributed by atoms with Gasteiger partial charge in [0.25, 0.3) is 0 Å². The van der Waals surface area contributed by atoms with E-state index in [1.807, 2.05) is 50.8 Å². The van der Waals surface area contributed by atoms with Crippen LogP contribution in [0.2, 0.25) is 0 Å². The smallest absolute Gasteiger partial charge is 0.228 e. The van der Waals surface area contributed by atoms with Crippen molar-refractivity contribution in [2.45, 2.75) is 52.7 Å². The molecule has 1 aliphatic heterocycles. The fourth-order valence-corrected chi connectivity index (χ4v) is 4.65. The molecular formula is C26H33N5O. The summed E-state index contributed by atoms with van der Waals surface area (Å²) in [5.74, 6) is 1.22. The Kier molecular flexibility index (Phi) is 6.70. The highest BCUT2D eigenvalue weighted by atomic mass is 16.2. The highest BCUT2D eigenvalue weighted by Crippen LogP contribution is 2.36. The second-order valence-corrected chi connectivity index (χ2v) is 9.11. The molecule has 1 aromatic carbocycles. The van der Waals surface area contributed by atoms with Gasteiger partial charge in [0.1, 0.15) is 5.82 Å². The minimum atomic E-state index is -0.425. The van der Waals surface area contributed by atoms with Crippen molar-refractivity contribution >= 4 is 5.91 Å². The highest BCUT2D eigenvalue weighted by molar-refractivity contribution is 5.84. The molecule has 1 aliphatic rings. The number of likely N-dealkylation sites (tertiary alicyclic amines) is 1. The van der Waals surface area contributed by atoms with Gasteiger partial charge in [-0.15, -0.1) is 0 Å². The van der Waals surface area contributed by atoms with Crippen molar-refractivity contribution in [3.8, 4) is 11.1 Å². The first-order valence-electron chi connectivity index (χ1n) is 11.5. The van der Waals surface area contributed by atoms with Crippen LogP contribution < -0.4 is 5.32 Å². The van der Waals surface area contributed by atoms with Crippen LogP contribution in [0.5, 0.6) is 0 Å². The summed E-state index contributed by atoms with van der Waals surface area (Å²) in [5.41, 5.74) is 3.08. The van der Waals surface area contributed by atoms with E-state index < -0.39 is 5.41 Å². The molecule has 3 heterocycles. The maximum atomic E-state index is 13.4. The fraction of sp³-hybridized carbons (Fsp3) is 0.423. The summed E-state index contributed by atoms with van der Waals surface area (Å²) in [6, 6.07) is 12.8. The summed E-state index contributed by atoms with van der Waals surface area (Å²) in [4.78, 5) is 24.4. The Hall–Kier alpha value is -2.99. The first-order chi connectivity index (χ1) is 15.5. The lowest BCUT2D eigenvalue weighted by Gasteiger charge is -2.29. The molecule has 6 nitrogen and oxygen atoms in total. The molecule has 0 saturated carbocycles. The molecule has 0 aliphatic carbocycles. The Balaban J connectivity index is 1.52. The minimum absolute atomic E-state index is 0.126. The van der Waals surface area contributed by atoms with Gasteiger partial charge in [0.15, 0.2) is 0 Å². The van der Waals surface area contributed by atoms with E-state index in [2.05, 4.69) is 55.9 Å². The molecule has 2 aromatic heterocycles. The van der Waals surface area contributed by atoms with Crippen molar-refractivity contribution < 1.29 is 4.79 Å². The van der Waals surface area contributed by atoms with E-state index >= 15 is 0 Å². The molecule has 0 bridgehead atoms. The van der Waals surface area contributed by atoms with E-state index in [4.69, 9.17) is 0 Å². The first kappa shape index (κ1) is 22.2. The molecule has 0 radical (unpaired) electrons. The van der Waals surface area contributed by atoms with Gasteiger partial charge in [0, 0.05) is 43.9 Å². The average Bonchev–Trinajstić information content (AvgIpc) is 3.42. The number of pyridine rings is 1. The van der Waals surface area contributed by atoms with E-state index in [0.29, 0.717) is 0 Å². The zero-order valence-corrected chi connectivity index (χ0v) is 19.3. The monoisotopic (exact) mass is 431 g/mol. The SMILES string of the molecule is CCn1ccnc1CN1CCC(Cc2ccc(-c3ccncc3)cc2)(C(=O)NC(C)C)C1. The summed E-state index contributed by atoms with van der Waals surface area (Å²) in [7, 11) is 0. The maximum Gasteiger partial charge on any atom is 0.228 e. The zero-order valence-electron chi connectivity index (χ0n) is 19.3. The van der Waals surface area contributed by atoms with Crippen molar-refractivity contribution in [1.82, 2.24) is 24.8 Å². The topological polar surface area (TPSA) is 63.1 Å². The molecule has 3 aromatic rings. The molecule has 6 heteroatoms. The summed E-state index contributed by atoms with van der Waals surface area (Å²) >= 11 is 0. The highest BCUT2D eigenvalue weighted by Gasteiger charge is 2.44. The van der Waals surface area contributed by atoms with Crippen molar-refractivity contribution in [2.24, 2.45) is 5.41 Å². The van der Waals surface area contributed by atoms with E-state index in [9.17, 15) is 4.79 Å². The summed E-state index contributed by atoms with van der Waals surface area (Å²) in [6.45, 7) is 9.51. The van der Waals surface area contributed by atoms with Gasteiger partial charge in [0.2, 0.25) is 5.91 Å². The van der Waals surface area contributed by atoms with Crippen LogP contribution in [-0.2, 0) is 24.3 Å². The lowest BCUT2D eigenvalue weighted by molar-refractivity contribution is -0.131. The fourth-order valence-electron chi connectivity index (χ4n) is 4.65. The quantitative estimate of drug-likeness (QED) is 0.587. The average molecular weight is 432 g/mol.